The molecule has 0 spiro atoms. The number of hydrogen-bond acceptors (Lipinski definition) is 5. The number of rotatable bonds is 7. The first-order chi connectivity index (χ1) is 13.8. The first-order valence-corrected chi connectivity index (χ1v) is 9.89. The third-order valence-electron chi connectivity index (χ3n) is 5.23. The maximum absolute atomic E-state index is 12.6. The number of nitrogens with zero attached hydrogens (tertiary/aromatic N) is 1. The van der Waals surface area contributed by atoms with Crippen LogP contribution in [0.4, 0.5) is 5.69 Å². The standard InChI is InChI=1S/C22H26N2O4/c25-22(23-18-7-8-20-21(15-18)28-16-27-20)17-9-12-24(13-10-17)11-4-14-26-19-5-2-1-3-6-19/h1-3,5-8,15,17H,4,9-14,16H2,(H,23,25). The molecule has 1 N–H and O–H groups in total. The maximum Gasteiger partial charge on any atom is 0.231 e. The fourth-order valence-electron chi connectivity index (χ4n) is 3.63. The molecule has 1 amide bonds. The number of carbonyl (C=O) groups excluding carboxylic acids is 1. The van der Waals surface area contributed by atoms with Gasteiger partial charge in [0, 0.05) is 24.2 Å². The molecule has 0 unspecified atom stereocenters. The van der Waals surface area contributed by atoms with Gasteiger partial charge in [0.15, 0.2) is 11.5 Å². The quantitative estimate of drug-likeness (QED) is 0.743. The summed E-state index contributed by atoms with van der Waals surface area (Å²) in [7, 11) is 0. The number of hydrogen-bond donors (Lipinski definition) is 1. The number of nitrogens with one attached hydrogen (secondary N) is 1. The SMILES string of the molecule is O=C(Nc1ccc2c(c1)OCO2)C1CCN(CCCOc2ccccc2)CC1. The lowest BCUT2D eigenvalue weighted by Gasteiger charge is -2.31. The van der Waals surface area contributed by atoms with Gasteiger partial charge < -0.3 is 24.4 Å². The van der Waals surface area contributed by atoms with Gasteiger partial charge in [0.2, 0.25) is 12.7 Å². The summed E-state index contributed by atoms with van der Waals surface area (Å²) in [6, 6.07) is 15.4. The highest BCUT2D eigenvalue weighted by Crippen LogP contribution is 2.34. The van der Waals surface area contributed by atoms with Crippen LogP contribution in [0.2, 0.25) is 0 Å². The van der Waals surface area contributed by atoms with Gasteiger partial charge in [-0.2, -0.15) is 0 Å². The van der Waals surface area contributed by atoms with Crippen LogP contribution in [0.5, 0.6) is 17.2 Å². The van der Waals surface area contributed by atoms with Crippen LogP contribution in [0.15, 0.2) is 48.5 Å². The maximum atomic E-state index is 12.6. The van der Waals surface area contributed by atoms with Gasteiger partial charge in [-0.1, -0.05) is 18.2 Å². The third kappa shape index (κ3) is 4.75. The van der Waals surface area contributed by atoms with Crippen molar-refractivity contribution < 1.29 is 19.0 Å². The van der Waals surface area contributed by atoms with Crippen LogP contribution < -0.4 is 19.5 Å². The largest absolute Gasteiger partial charge is 0.494 e. The van der Waals surface area contributed by atoms with Crippen molar-refractivity contribution in [2.75, 3.05) is 38.4 Å². The van der Waals surface area contributed by atoms with E-state index in [2.05, 4.69) is 10.2 Å². The van der Waals surface area contributed by atoms with E-state index in [1.165, 1.54) is 0 Å². The van der Waals surface area contributed by atoms with Crippen molar-refractivity contribution in [2.45, 2.75) is 19.3 Å². The van der Waals surface area contributed by atoms with Crippen molar-refractivity contribution in [3.63, 3.8) is 0 Å². The lowest BCUT2D eigenvalue weighted by atomic mass is 9.95. The zero-order chi connectivity index (χ0) is 19.2. The molecule has 4 rings (SSSR count). The minimum absolute atomic E-state index is 0.0576. The van der Waals surface area contributed by atoms with Gasteiger partial charge in [0.25, 0.3) is 0 Å². The highest BCUT2D eigenvalue weighted by molar-refractivity contribution is 5.93. The van der Waals surface area contributed by atoms with Gasteiger partial charge in [-0.25, -0.2) is 0 Å². The van der Waals surface area contributed by atoms with Crippen LogP contribution in [0.3, 0.4) is 0 Å². The Kier molecular flexibility index (Phi) is 5.97. The Balaban J connectivity index is 1.16. The monoisotopic (exact) mass is 382 g/mol. The zero-order valence-corrected chi connectivity index (χ0v) is 15.9. The summed E-state index contributed by atoms with van der Waals surface area (Å²) in [6.07, 6.45) is 2.76. The number of para-hydroxylation sites is 1. The number of carbonyl (C=O) groups is 1. The van der Waals surface area contributed by atoms with Crippen molar-refractivity contribution in [3.05, 3.63) is 48.5 Å². The van der Waals surface area contributed by atoms with Gasteiger partial charge in [-0.15, -0.1) is 0 Å². The molecule has 1 fully saturated rings. The molecule has 1 saturated heterocycles. The van der Waals surface area contributed by atoms with Gasteiger partial charge in [-0.3, -0.25) is 4.79 Å². The normalized spacial score (nSPS) is 16.7. The fourth-order valence-corrected chi connectivity index (χ4v) is 3.63. The Hall–Kier alpha value is -2.73. The average molecular weight is 382 g/mol. The first kappa shape index (κ1) is 18.6. The topological polar surface area (TPSA) is 60.0 Å². The van der Waals surface area contributed by atoms with Crippen molar-refractivity contribution >= 4 is 11.6 Å². The van der Waals surface area contributed by atoms with E-state index in [0.29, 0.717) is 12.4 Å². The second-order valence-corrected chi connectivity index (χ2v) is 7.19. The van der Waals surface area contributed by atoms with Crippen LogP contribution in [0, 0.1) is 5.92 Å². The molecule has 148 valence electrons. The summed E-state index contributed by atoms with van der Waals surface area (Å²) in [4.78, 5) is 15.0. The zero-order valence-electron chi connectivity index (χ0n) is 15.9. The smallest absolute Gasteiger partial charge is 0.231 e. The minimum Gasteiger partial charge on any atom is -0.494 e. The Morgan fingerprint density at radius 3 is 2.68 bits per heavy atom. The van der Waals surface area contributed by atoms with Crippen molar-refractivity contribution in [3.8, 4) is 17.2 Å². The molecule has 6 nitrogen and oxygen atoms in total. The second-order valence-electron chi connectivity index (χ2n) is 7.19. The van der Waals surface area contributed by atoms with Gasteiger partial charge in [0.05, 0.1) is 6.61 Å². The average Bonchev–Trinajstić information content (AvgIpc) is 3.20. The molecule has 2 aliphatic rings. The fraction of sp³-hybridized carbons (Fsp3) is 0.409. The summed E-state index contributed by atoms with van der Waals surface area (Å²) in [5.74, 6) is 2.47. The Morgan fingerprint density at radius 2 is 1.86 bits per heavy atom. The molecule has 0 bridgehead atoms. The second kappa shape index (κ2) is 8.97. The number of ether oxygens (including phenoxy) is 3. The molecule has 2 heterocycles. The minimum atomic E-state index is 0.0576. The summed E-state index contributed by atoms with van der Waals surface area (Å²) >= 11 is 0. The van der Waals surface area contributed by atoms with Crippen LogP contribution in [-0.2, 0) is 4.79 Å². The molecule has 0 aliphatic carbocycles. The summed E-state index contributed by atoms with van der Waals surface area (Å²) < 4.78 is 16.4. The molecular formula is C22H26N2O4. The highest BCUT2D eigenvalue weighted by atomic mass is 16.7. The molecule has 0 saturated carbocycles. The highest BCUT2D eigenvalue weighted by Gasteiger charge is 2.25. The molecule has 2 aromatic carbocycles. The van der Waals surface area contributed by atoms with E-state index in [1.807, 2.05) is 48.5 Å². The number of amides is 1. The molecular weight excluding hydrogens is 356 g/mol. The van der Waals surface area contributed by atoms with Crippen LogP contribution in [-0.4, -0.2) is 43.8 Å². The number of fused-ring (bicyclic) bond motifs is 1. The molecule has 0 radical (unpaired) electrons. The van der Waals surface area contributed by atoms with E-state index in [4.69, 9.17) is 14.2 Å². The number of anilines is 1. The van der Waals surface area contributed by atoms with Gasteiger partial charge in [0.1, 0.15) is 5.75 Å². The molecule has 28 heavy (non-hydrogen) atoms. The van der Waals surface area contributed by atoms with Crippen molar-refractivity contribution in [1.82, 2.24) is 4.90 Å². The summed E-state index contributed by atoms with van der Waals surface area (Å²) in [5.41, 5.74) is 0.759. The third-order valence-corrected chi connectivity index (χ3v) is 5.23. The molecule has 0 atom stereocenters. The van der Waals surface area contributed by atoms with Gasteiger partial charge >= 0.3 is 0 Å². The van der Waals surface area contributed by atoms with E-state index >= 15 is 0 Å². The van der Waals surface area contributed by atoms with Crippen LogP contribution in [0.1, 0.15) is 19.3 Å². The summed E-state index contributed by atoms with van der Waals surface area (Å²) in [6.45, 7) is 3.86. The van der Waals surface area contributed by atoms with E-state index in [-0.39, 0.29) is 18.6 Å². The van der Waals surface area contributed by atoms with Crippen LogP contribution in [0.25, 0.3) is 0 Å². The number of likely N-dealkylation sites (tertiary alicyclic amines) is 1. The van der Waals surface area contributed by atoms with Crippen molar-refractivity contribution in [2.24, 2.45) is 5.92 Å². The Bertz CT molecular complexity index is 788. The van der Waals surface area contributed by atoms with Crippen LogP contribution >= 0.6 is 0 Å². The predicted octanol–water partition coefficient (Wildman–Crippen LogP) is 3.53. The Morgan fingerprint density at radius 1 is 1.07 bits per heavy atom. The predicted molar refractivity (Wildman–Crippen MR) is 107 cm³/mol. The van der Waals surface area contributed by atoms with E-state index in [0.717, 1.165) is 56.1 Å². The lowest BCUT2D eigenvalue weighted by Crippen LogP contribution is -2.38. The molecule has 6 heteroatoms. The number of benzene rings is 2. The summed E-state index contributed by atoms with van der Waals surface area (Å²) in [5, 5.41) is 3.01. The molecule has 2 aliphatic heterocycles. The van der Waals surface area contributed by atoms with Gasteiger partial charge in [-0.05, 0) is 56.6 Å². The molecule has 2 aromatic rings. The van der Waals surface area contributed by atoms with E-state index in [1.54, 1.807) is 0 Å². The Labute approximate surface area is 165 Å². The van der Waals surface area contributed by atoms with Crippen molar-refractivity contribution in [1.29, 1.82) is 0 Å². The molecule has 0 aromatic heterocycles. The van der Waals surface area contributed by atoms with E-state index < -0.39 is 0 Å². The number of piperidine rings is 1. The first-order valence-electron chi connectivity index (χ1n) is 9.89. The van der Waals surface area contributed by atoms with E-state index in [9.17, 15) is 4.79 Å². The lowest BCUT2D eigenvalue weighted by molar-refractivity contribution is -0.121.